The van der Waals surface area contributed by atoms with E-state index < -0.39 is 0 Å². The minimum Gasteiger partial charge on any atom is -0.326 e. The van der Waals surface area contributed by atoms with E-state index in [1.807, 2.05) is 6.92 Å². The third-order valence-electron chi connectivity index (χ3n) is 2.51. The van der Waals surface area contributed by atoms with Crippen molar-refractivity contribution in [3.8, 4) is 0 Å². The van der Waals surface area contributed by atoms with E-state index in [9.17, 15) is 0 Å². The summed E-state index contributed by atoms with van der Waals surface area (Å²) in [5.41, 5.74) is 5.86. The van der Waals surface area contributed by atoms with E-state index in [2.05, 4.69) is 14.8 Å². The zero-order valence-corrected chi connectivity index (χ0v) is 7.27. The van der Waals surface area contributed by atoms with Crippen LogP contribution in [0.1, 0.15) is 31.6 Å². The van der Waals surface area contributed by atoms with E-state index in [4.69, 9.17) is 5.73 Å². The molecule has 4 nitrogen and oxygen atoms in total. The van der Waals surface area contributed by atoms with Gasteiger partial charge in [0.25, 0.3) is 0 Å². The molecule has 0 bridgehead atoms. The van der Waals surface area contributed by atoms with Crippen molar-refractivity contribution in [2.24, 2.45) is 5.73 Å². The Balaban J connectivity index is 2.31. The van der Waals surface area contributed by atoms with Crippen LogP contribution < -0.4 is 5.73 Å². The molecule has 4 heteroatoms. The van der Waals surface area contributed by atoms with Gasteiger partial charge in [-0.3, -0.25) is 0 Å². The minimum atomic E-state index is 0.194. The zero-order chi connectivity index (χ0) is 8.55. The van der Waals surface area contributed by atoms with Gasteiger partial charge in [-0.05, 0) is 19.8 Å². The molecule has 1 aliphatic rings. The first kappa shape index (κ1) is 7.73. The molecule has 0 radical (unpaired) electrons. The van der Waals surface area contributed by atoms with Gasteiger partial charge in [-0.1, -0.05) is 0 Å². The van der Waals surface area contributed by atoms with E-state index >= 15 is 0 Å². The Bertz CT molecular complexity index is 266. The highest BCUT2D eigenvalue weighted by atomic mass is 15.3. The van der Waals surface area contributed by atoms with Crippen molar-refractivity contribution in [2.75, 3.05) is 0 Å². The molecule has 0 saturated heterocycles. The predicted molar refractivity (Wildman–Crippen MR) is 45.6 cm³/mol. The van der Waals surface area contributed by atoms with Crippen LogP contribution in [0.3, 0.4) is 0 Å². The Morgan fingerprint density at radius 1 is 1.75 bits per heavy atom. The lowest BCUT2D eigenvalue weighted by Crippen LogP contribution is -2.32. The minimum absolute atomic E-state index is 0.194. The molecule has 12 heavy (non-hydrogen) atoms. The lowest BCUT2D eigenvalue weighted by atomic mass is 9.99. The fourth-order valence-corrected chi connectivity index (χ4v) is 1.85. The second kappa shape index (κ2) is 2.86. The van der Waals surface area contributed by atoms with Gasteiger partial charge in [-0.2, -0.15) is 0 Å². The van der Waals surface area contributed by atoms with Crippen molar-refractivity contribution in [3.63, 3.8) is 0 Å². The van der Waals surface area contributed by atoms with E-state index in [-0.39, 0.29) is 6.04 Å². The topological polar surface area (TPSA) is 56.7 Å². The molecule has 0 saturated carbocycles. The second-order valence-corrected chi connectivity index (χ2v) is 3.47. The molecule has 0 spiro atoms. The fourth-order valence-electron chi connectivity index (χ4n) is 1.85. The van der Waals surface area contributed by atoms with E-state index in [1.165, 1.54) is 6.42 Å². The summed E-state index contributed by atoms with van der Waals surface area (Å²) < 4.78 is 2.12. The molecular weight excluding hydrogens is 152 g/mol. The Kier molecular flexibility index (Phi) is 1.84. The number of nitrogens with zero attached hydrogens (tertiary/aromatic N) is 3. The number of fused-ring (bicyclic) bond motifs is 1. The number of hydrogen-bond acceptors (Lipinski definition) is 3. The van der Waals surface area contributed by atoms with Crippen LogP contribution in [0, 0.1) is 0 Å². The highest BCUT2D eigenvalue weighted by Crippen LogP contribution is 2.24. The molecule has 2 rings (SSSR count). The van der Waals surface area contributed by atoms with E-state index in [0.717, 1.165) is 18.7 Å². The predicted octanol–water partition coefficient (Wildman–Crippen LogP) is 0.503. The van der Waals surface area contributed by atoms with Gasteiger partial charge in [0.1, 0.15) is 12.2 Å². The third-order valence-corrected chi connectivity index (χ3v) is 2.51. The molecule has 0 fully saturated rings. The fraction of sp³-hybridized carbons (Fsp3) is 0.750. The summed E-state index contributed by atoms with van der Waals surface area (Å²) >= 11 is 0. The molecular formula is C8H14N4. The molecule has 2 N–H and O–H groups in total. The number of hydrogen-bond donors (Lipinski definition) is 1. The summed E-state index contributed by atoms with van der Waals surface area (Å²) in [6.45, 7) is 2.04. The highest BCUT2D eigenvalue weighted by Gasteiger charge is 2.22. The summed E-state index contributed by atoms with van der Waals surface area (Å²) in [4.78, 5) is 0. The van der Waals surface area contributed by atoms with Gasteiger partial charge < -0.3 is 10.3 Å². The van der Waals surface area contributed by atoms with Crippen molar-refractivity contribution in [2.45, 2.75) is 38.3 Å². The summed E-state index contributed by atoms with van der Waals surface area (Å²) in [7, 11) is 0. The van der Waals surface area contributed by atoms with Gasteiger partial charge in [-0.25, -0.2) is 0 Å². The first-order valence-corrected chi connectivity index (χ1v) is 4.43. The lowest BCUT2D eigenvalue weighted by molar-refractivity contribution is 0.350. The Morgan fingerprint density at radius 3 is 3.33 bits per heavy atom. The second-order valence-electron chi connectivity index (χ2n) is 3.47. The molecule has 0 amide bonds. The summed E-state index contributed by atoms with van der Waals surface area (Å²) in [5, 5.41) is 7.94. The number of aryl methyl sites for hydroxylation is 1. The molecule has 66 valence electrons. The lowest BCUT2D eigenvalue weighted by Gasteiger charge is -2.27. The normalized spacial score (nSPS) is 25.0. The maximum atomic E-state index is 5.86. The van der Waals surface area contributed by atoms with Crippen LogP contribution in [-0.4, -0.2) is 20.8 Å². The average molecular weight is 166 g/mol. The maximum absolute atomic E-state index is 5.86. The van der Waals surface area contributed by atoms with Crippen molar-refractivity contribution in [1.29, 1.82) is 0 Å². The SMILES string of the molecule is CC(N)C1CCCc2nncn21. The van der Waals surface area contributed by atoms with Gasteiger partial charge >= 0.3 is 0 Å². The van der Waals surface area contributed by atoms with Gasteiger partial charge in [0, 0.05) is 12.5 Å². The van der Waals surface area contributed by atoms with Gasteiger partial charge in [0.05, 0.1) is 6.04 Å². The summed E-state index contributed by atoms with van der Waals surface area (Å²) in [5.74, 6) is 1.09. The molecule has 0 aromatic carbocycles. The van der Waals surface area contributed by atoms with Crippen molar-refractivity contribution >= 4 is 0 Å². The van der Waals surface area contributed by atoms with Gasteiger partial charge in [0.15, 0.2) is 0 Å². The summed E-state index contributed by atoms with van der Waals surface area (Å²) in [6.07, 6.45) is 5.18. The van der Waals surface area contributed by atoms with Crippen LogP contribution in [0.5, 0.6) is 0 Å². The number of nitrogens with two attached hydrogens (primary N) is 1. The van der Waals surface area contributed by atoms with Crippen molar-refractivity contribution in [3.05, 3.63) is 12.2 Å². The van der Waals surface area contributed by atoms with Crippen LogP contribution in [0.15, 0.2) is 6.33 Å². The van der Waals surface area contributed by atoms with Crippen molar-refractivity contribution in [1.82, 2.24) is 14.8 Å². The Labute approximate surface area is 71.8 Å². The zero-order valence-electron chi connectivity index (χ0n) is 7.27. The quantitative estimate of drug-likeness (QED) is 0.661. The van der Waals surface area contributed by atoms with Crippen LogP contribution in [0.4, 0.5) is 0 Å². The highest BCUT2D eigenvalue weighted by molar-refractivity contribution is 4.96. The molecule has 1 aliphatic heterocycles. The first-order valence-electron chi connectivity index (χ1n) is 4.43. The smallest absolute Gasteiger partial charge is 0.133 e. The van der Waals surface area contributed by atoms with Crippen LogP contribution in [-0.2, 0) is 6.42 Å². The van der Waals surface area contributed by atoms with Crippen LogP contribution >= 0.6 is 0 Å². The average Bonchev–Trinajstić information content (AvgIpc) is 2.49. The molecule has 2 unspecified atom stereocenters. The Morgan fingerprint density at radius 2 is 2.58 bits per heavy atom. The third kappa shape index (κ3) is 1.12. The number of rotatable bonds is 1. The molecule has 1 aromatic rings. The van der Waals surface area contributed by atoms with Gasteiger partial charge in [-0.15, -0.1) is 10.2 Å². The molecule has 2 heterocycles. The van der Waals surface area contributed by atoms with Gasteiger partial charge in [0.2, 0.25) is 0 Å². The standard InChI is InChI=1S/C8H14N4/c1-6(9)7-3-2-4-8-11-10-5-12(7)8/h5-7H,2-4,9H2,1H3. The molecule has 1 aromatic heterocycles. The Hall–Kier alpha value is -0.900. The van der Waals surface area contributed by atoms with Crippen molar-refractivity contribution < 1.29 is 0 Å². The number of aromatic nitrogens is 3. The van der Waals surface area contributed by atoms with Crippen LogP contribution in [0.2, 0.25) is 0 Å². The van der Waals surface area contributed by atoms with E-state index in [1.54, 1.807) is 6.33 Å². The van der Waals surface area contributed by atoms with Crippen LogP contribution in [0.25, 0.3) is 0 Å². The maximum Gasteiger partial charge on any atom is 0.133 e. The molecule has 2 atom stereocenters. The first-order chi connectivity index (χ1) is 5.79. The summed E-state index contributed by atoms with van der Waals surface area (Å²) in [6, 6.07) is 0.601. The monoisotopic (exact) mass is 166 g/mol. The molecule has 0 aliphatic carbocycles. The largest absolute Gasteiger partial charge is 0.326 e. The van der Waals surface area contributed by atoms with E-state index in [0.29, 0.717) is 6.04 Å².